The number of benzene rings is 2. The monoisotopic (exact) mass is 398 g/mol. The number of rotatable bonds is 3. The van der Waals surface area contributed by atoms with Crippen LogP contribution in [0.1, 0.15) is 11.6 Å². The van der Waals surface area contributed by atoms with Crippen LogP contribution < -0.4 is 5.32 Å². The fourth-order valence-corrected chi connectivity index (χ4v) is 2.67. The van der Waals surface area contributed by atoms with Crippen LogP contribution in [0.2, 0.25) is 5.02 Å². The SMILES string of the molecule is N#CC(Nc1ccc(Br)cc1)c1ccc(Br)cc1Cl. The zero-order chi connectivity index (χ0) is 13.8. The topological polar surface area (TPSA) is 35.8 Å². The Balaban J connectivity index is 2.25. The smallest absolute Gasteiger partial charge is 0.141 e. The highest BCUT2D eigenvalue weighted by molar-refractivity contribution is 9.10. The molecule has 5 heteroatoms. The van der Waals surface area contributed by atoms with Gasteiger partial charge >= 0.3 is 0 Å². The van der Waals surface area contributed by atoms with Crippen LogP contribution in [0, 0.1) is 11.3 Å². The Morgan fingerprint density at radius 2 is 1.68 bits per heavy atom. The van der Waals surface area contributed by atoms with E-state index in [0.717, 1.165) is 20.2 Å². The molecule has 1 atom stereocenters. The molecule has 2 aromatic rings. The zero-order valence-corrected chi connectivity index (χ0v) is 13.6. The van der Waals surface area contributed by atoms with E-state index in [-0.39, 0.29) is 0 Å². The second-order valence-electron chi connectivity index (χ2n) is 3.88. The Labute approximate surface area is 133 Å². The molecule has 0 spiro atoms. The maximum Gasteiger partial charge on any atom is 0.141 e. The fourth-order valence-electron chi connectivity index (χ4n) is 1.63. The summed E-state index contributed by atoms with van der Waals surface area (Å²) in [6, 6.07) is 14.9. The maximum absolute atomic E-state index is 9.30. The molecule has 1 unspecified atom stereocenters. The normalized spacial score (nSPS) is 11.7. The van der Waals surface area contributed by atoms with Crippen molar-refractivity contribution in [3.8, 4) is 6.07 Å². The van der Waals surface area contributed by atoms with Gasteiger partial charge < -0.3 is 5.32 Å². The summed E-state index contributed by atoms with van der Waals surface area (Å²) in [5, 5.41) is 13.0. The summed E-state index contributed by atoms with van der Waals surface area (Å²) < 4.78 is 1.88. The molecule has 2 nitrogen and oxygen atoms in total. The van der Waals surface area contributed by atoms with Crippen LogP contribution in [0.25, 0.3) is 0 Å². The molecule has 0 aliphatic rings. The Morgan fingerprint density at radius 1 is 1.05 bits per heavy atom. The summed E-state index contributed by atoms with van der Waals surface area (Å²) in [5.74, 6) is 0. The quantitative estimate of drug-likeness (QED) is 0.734. The van der Waals surface area contributed by atoms with Gasteiger partial charge in [-0.2, -0.15) is 5.26 Å². The van der Waals surface area contributed by atoms with Gasteiger partial charge in [-0.15, -0.1) is 0 Å². The van der Waals surface area contributed by atoms with Crippen molar-refractivity contribution >= 4 is 49.1 Å². The van der Waals surface area contributed by atoms with Gasteiger partial charge in [0.15, 0.2) is 0 Å². The van der Waals surface area contributed by atoms with E-state index in [0.29, 0.717) is 5.02 Å². The average Bonchev–Trinajstić information content (AvgIpc) is 2.39. The number of nitriles is 1. The largest absolute Gasteiger partial charge is 0.366 e. The Bertz CT molecular complexity index is 620. The molecule has 0 radical (unpaired) electrons. The van der Waals surface area contributed by atoms with E-state index in [1.165, 1.54) is 0 Å². The van der Waals surface area contributed by atoms with Gasteiger partial charge in [0.05, 0.1) is 6.07 Å². The second-order valence-corrected chi connectivity index (χ2v) is 6.12. The number of nitrogens with one attached hydrogen (secondary N) is 1. The van der Waals surface area contributed by atoms with Crippen LogP contribution in [-0.2, 0) is 0 Å². The van der Waals surface area contributed by atoms with Crippen molar-refractivity contribution in [2.75, 3.05) is 5.32 Å². The first-order valence-corrected chi connectivity index (χ1v) is 7.43. The minimum atomic E-state index is -0.484. The van der Waals surface area contributed by atoms with E-state index in [1.807, 2.05) is 36.4 Å². The fraction of sp³-hybridized carbons (Fsp3) is 0.0714. The molecule has 0 aliphatic heterocycles. The lowest BCUT2D eigenvalue weighted by atomic mass is 10.1. The number of hydrogen-bond acceptors (Lipinski definition) is 2. The van der Waals surface area contributed by atoms with Gasteiger partial charge in [-0.3, -0.25) is 0 Å². The van der Waals surface area contributed by atoms with Gasteiger partial charge in [-0.1, -0.05) is 49.5 Å². The van der Waals surface area contributed by atoms with Crippen molar-refractivity contribution in [3.05, 3.63) is 62.0 Å². The molecule has 0 bridgehead atoms. The minimum Gasteiger partial charge on any atom is -0.366 e. The number of anilines is 1. The van der Waals surface area contributed by atoms with Crippen molar-refractivity contribution in [1.29, 1.82) is 5.26 Å². The van der Waals surface area contributed by atoms with Crippen LogP contribution in [-0.4, -0.2) is 0 Å². The molecule has 96 valence electrons. The lowest BCUT2D eigenvalue weighted by Crippen LogP contribution is -2.08. The van der Waals surface area contributed by atoms with E-state index in [1.54, 1.807) is 6.07 Å². The maximum atomic E-state index is 9.30. The predicted octanol–water partition coefficient (Wildman–Crippen LogP) is 5.54. The summed E-state index contributed by atoms with van der Waals surface area (Å²) in [6.45, 7) is 0. The first-order chi connectivity index (χ1) is 9.10. The predicted molar refractivity (Wildman–Crippen MR) is 85.3 cm³/mol. The molecule has 1 N–H and O–H groups in total. The molecule has 0 aromatic heterocycles. The Kier molecular flexibility index (Phi) is 4.87. The third kappa shape index (κ3) is 3.73. The highest BCUT2D eigenvalue weighted by atomic mass is 79.9. The van der Waals surface area contributed by atoms with Gasteiger partial charge in [0, 0.05) is 25.2 Å². The summed E-state index contributed by atoms with van der Waals surface area (Å²) in [4.78, 5) is 0. The Morgan fingerprint density at radius 3 is 2.26 bits per heavy atom. The van der Waals surface area contributed by atoms with Crippen molar-refractivity contribution in [3.63, 3.8) is 0 Å². The summed E-state index contributed by atoms with van der Waals surface area (Å²) in [5.41, 5.74) is 1.63. The van der Waals surface area contributed by atoms with Crippen molar-refractivity contribution in [1.82, 2.24) is 0 Å². The van der Waals surface area contributed by atoms with Gasteiger partial charge in [0.2, 0.25) is 0 Å². The van der Waals surface area contributed by atoms with Gasteiger partial charge in [-0.25, -0.2) is 0 Å². The molecule has 0 amide bonds. The Hall–Kier alpha value is -1.02. The van der Waals surface area contributed by atoms with Crippen LogP contribution in [0.5, 0.6) is 0 Å². The lowest BCUT2D eigenvalue weighted by Gasteiger charge is -2.15. The highest BCUT2D eigenvalue weighted by Crippen LogP contribution is 2.28. The molecule has 0 fully saturated rings. The number of halogens is 3. The van der Waals surface area contributed by atoms with E-state index >= 15 is 0 Å². The molecule has 0 heterocycles. The molecule has 0 saturated heterocycles. The van der Waals surface area contributed by atoms with Crippen LogP contribution in [0.15, 0.2) is 51.4 Å². The van der Waals surface area contributed by atoms with Gasteiger partial charge in [0.25, 0.3) is 0 Å². The second kappa shape index (κ2) is 6.42. The van der Waals surface area contributed by atoms with Crippen LogP contribution in [0.4, 0.5) is 5.69 Å². The number of nitrogens with zero attached hydrogens (tertiary/aromatic N) is 1. The molecule has 0 saturated carbocycles. The highest BCUT2D eigenvalue weighted by Gasteiger charge is 2.14. The number of hydrogen-bond donors (Lipinski definition) is 1. The van der Waals surface area contributed by atoms with E-state index in [2.05, 4.69) is 43.2 Å². The van der Waals surface area contributed by atoms with E-state index in [9.17, 15) is 5.26 Å². The molecular formula is C14H9Br2ClN2. The molecule has 2 rings (SSSR count). The molecule has 0 aliphatic carbocycles. The van der Waals surface area contributed by atoms with Gasteiger partial charge in [0.1, 0.15) is 6.04 Å². The molecular weight excluding hydrogens is 391 g/mol. The standard InChI is InChI=1S/C14H9Br2ClN2/c15-9-1-4-11(5-2-9)19-14(8-18)12-6-3-10(16)7-13(12)17/h1-7,14,19H. The summed E-state index contributed by atoms with van der Waals surface area (Å²) in [6.07, 6.45) is 0. The minimum absolute atomic E-state index is 0.484. The van der Waals surface area contributed by atoms with Crippen molar-refractivity contribution in [2.45, 2.75) is 6.04 Å². The molecule has 19 heavy (non-hydrogen) atoms. The van der Waals surface area contributed by atoms with Crippen LogP contribution >= 0.6 is 43.5 Å². The van der Waals surface area contributed by atoms with Gasteiger partial charge in [-0.05, 0) is 36.4 Å². The van der Waals surface area contributed by atoms with E-state index in [4.69, 9.17) is 11.6 Å². The molecule has 2 aromatic carbocycles. The first-order valence-electron chi connectivity index (χ1n) is 5.47. The summed E-state index contributed by atoms with van der Waals surface area (Å²) in [7, 11) is 0. The zero-order valence-electron chi connectivity index (χ0n) is 9.70. The summed E-state index contributed by atoms with van der Waals surface area (Å²) >= 11 is 12.9. The van der Waals surface area contributed by atoms with Crippen molar-refractivity contribution in [2.24, 2.45) is 0 Å². The average molecular weight is 401 g/mol. The third-order valence-electron chi connectivity index (χ3n) is 2.56. The van der Waals surface area contributed by atoms with E-state index < -0.39 is 6.04 Å². The lowest BCUT2D eigenvalue weighted by molar-refractivity contribution is 0.997. The third-order valence-corrected chi connectivity index (χ3v) is 3.91. The van der Waals surface area contributed by atoms with Crippen LogP contribution in [0.3, 0.4) is 0 Å². The van der Waals surface area contributed by atoms with Crippen molar-refractivity contribution < 1.29 is 0 Å². The first kappa shape index (κ1) is 14.4.